The van der Waals surface area contributed by atoms with Crippen LogP contribution in [0.1, 0.15) is 36.2 Å². The molecule has 19 heavy (non-hydrogen) atoms. The second kappa shape index (κ2) is 5.53. The summed E-state index contributed by atoms with van der Waals surface area (Å²) in [5.41, 5.74) is 2.06. The van der Waals surface area contributed by atoms with E-state index in [2.05, 4.69) is 5.32 Å². The van der Waals surface area contributed by atoms with Crippen molar-refractivity contribution in [1.82, 2.24) is 0 Å². The lowest BCUT2D eigenvalue weighted by atomic mass is 9.99. The van der Waals surface area contributed by atoms with Gasteiger partial charge in [-0.05, 0) is 38.8 Å². The maximum Gasteiger partial charge on any atom is 0.230 e. The summed E-state index contributed by atoms with van der Waals surface area (Å²) in [6.07, 6.45) is 0.666. The summed E-state index contributed by atoms with van der Waals surface area (Å²) in [6.45, 7) is 5.90. The smallest absolute Gasteiger partial charge is 0.230 e. The molecule has 0 aliphatic carbocycles. The SMILES string of the molecule is CC(=O)c1c(C)cccc1NC(=O)[C@H]1CCO[C@H]1C. The Labute approximate surface area is 113 Å². The van der Waals surface area contributed by atoms with Crippen LogP contribution >= 0.6 is 0 Å². The molecule has 1 heterocycles. The third-order valence-electron chi connectivity index (χ3n) is 3.60. The maximum atomic E-state index is 12.2. The highest BCUT2D eigenvalue weighted by atomic mass is 16.5. The number of carbonyl (C=O) groups is 2. The highest BCUT2D eigenvalue weighted by Gasteiger charge is 2.31. The van der Waals surface area contributed by atoms with Crippen LogP contribution in [0, 0.1) is 12.8 Å². The first-order valence-corrected chi connectivity index (χ1v) is 6.53. The lowest BCUT2D eigenvalue weighted by molar-refractivity contribution is -0.121. The van der Waals surface area contributed by atoms with Crippen molar-refractivity contribution in [3.05, 3.63) is 29.3 Å². The van der Waals surface area contributed by atoms with Gasteiger partial charge in [-0.3, -0.25) is 9.59 Å². The van der Waals surface area contributed by atoms with Crippen LogP contribution in [0.2, 0.25) is 0 Å². The number of ether oxygens (including phenoxy) is 1. The summed E-state index contributed by atoms with van der Waals surface area (Å²) in [4.78, 5) is 23.9. The molecule has 0 spiro atoms. The Hall–Kier alpha value is -1.68. The van der Waals surface area contributed by atoms with Crippen LogP contribution in [-0.4, -0.2) is 24.4 Å². The normalized spacial score (nSPS) is 22.3. The van der Waals surface area contributed by atoms with Crippen molar-refractivity contribution in [2.24, 2.45) is 5.92 Å². The number of anilines is 1. The van der Waals surface area contributed by atoms with E-state index < -0.39 is 0 Å². The monoisotopic (exact) mass is 261 g/mol. The Kier molecular flexibility index (Phi) is 4.00. The van der Waals surface area contributed by atoms with Crippen LogP contribution in [0.15, 0.2) is 18.2 Å². The highest BCUT2D eigenvalue weighted by molar-refractivity contribution is 6.05. The highest BCUT2D eigenvalue weighted by Crippen LogP contribution is 2.25. The minimum Gasteiger partial charge on any atom is -0.378 e. The number of aryl methyl sites for hydroxylation is 1. The zero-order chi connectivity index (χ0) is 14.0. The first-order valence-electron chi connectivity index (χ1n) is 6.53. The Morgan fingerprint density at radius 1 is 1.37 bits per heavy atom. The van der Waals surface area contributed by atoms with Gasteiger partial charge in [0, 0.05) is 12.2 Å². The third-order valence-corrected chi connectivity index (χ3v) is 3.60. The third kappa shape index (κ3) is 2.84. The fourth-order valence-corrected chi connectivity index (χ4v) is 2.54. The Balaban J connectivity index is 2.21. The average Bonchev–Trinajstić information content (AvgIpc) is 2.75. The molecule has 0 unspecified atom stereocenters. The topological polar surface area (TPSA) is 55.4 Å². The number of hydrogen-bond acceptors (Lipinski definition) is 3. The molecule has 1 aromatic carbocycles. The number of amides is 1. The van der Waals surface area contributed by atoms with Crippen LogP contribution in [0.3, 0.4) is 0 Å². The van der Waals surface area contributed by atoms with Gasteiger partial charge < -0.3 is 10.1 Å². The molecular weight excluding hydrogens is 242 g/mol. The van der Waals surface area contributed by atoms with Gasteiger partial charge in [0.15, 0.2) is 5.78 Å². The molecule has 1 aromatic rings. The quantitative estimate of drug-likeness (QED) is 0.851. The van der Waals surface area contributed by atoms with Crippen molar-refractivity contribution in [2.45, 2.75) is 33.3 Å². The van der Waals surface area contributed by atoms with Gasteiger partial charge in [-0.25, -0.2) is 0 Å². The summed E-state index contributed by atoms with van der Waals surface area (Å²) in [6, 6.07) is 5.47. The molecule has 2 rings (SSSR count). The first-order chi connectivity index (χ1) is 9.00. The van der Waals surface area contributed by atoms with Gasteiger partial charge >= 0.3 is 0 Å². The lowest BCUT2D eigenvalue weighted by Gasteiger charge is -2.16. The number of benzene rings is 1. The zero-order valence-electron chi connectivity index (χ0n) is 11.5. The van der Waals surface area contributed by atoms with Crippen molar-refractivity contribution < 1.29 is 14.3 Å². The van der Waals surface area contributed by atoms with Crippen LogP contribution < -0.4 is 5.32 Å². The predicted molar refractivity (Wildman–Crippen MR) is 73.3 cm³/mol. The van der Waals surface area contributed by atoms with Gasteiger partial charge in [0.2, 0.25) is 5.91 Å². The fourth-order valence-electron chi connectivity index (χ4n) is 2.54. The van der Waals surface area contributed by atoms with Crippen LogP contribution in [0.5, 0.6) is 0 Å². The van der Waals surface area contributed by atoms with E-state index in [1.165, 1.54) is 6.92 Å². The Morgan fingerprint density at radius 2 is 2.11 bits per heavy atom. The van der Waals surface area contributed by atoms with Gasteiger partial charge in [-0.1, -0.05) is 12.1 Å². The fraction of sp³-hybridized carbons (Fsp3) is 0.467. The van der Waals surface area contributed by atoms with Crippen molar-refractivity contribution in [3.8, 4) is 0 Å². The van der Waals surface area contributed by atoms with E-state index in [-0.39, 0.29) is 23.7 Å². The number of carbonyl (C=O) groups excluding carboxylic acids is 2. The van der Waals surface area contributed by atoms with Gasteiger partial charge in [-0.2, -0.15) is 0 Å². The molecule has 1 amide bonds. The molecule has 1 aliphatic rings. The van der Waals surface area contributed by atoms with E-state index in [0.29, 0.717) is 17.9 Å². The van der Waals surface area contributed by atoms with Gasteiger partial charge in [0.25, 0.3) is 0 Å². The van der Waals surface area contributed by atoms with Crippen molar-refractivity contribution in [2.75, 3.05) is 11.9 Å². The van der Waals surface area contributed by atoms with Crippen LogP contribution in [-0.2, 0) is 9.53 Å². The van der Waals surface area contributed by atoms with E-state index in [9.17, 15) is 9.59 Å². The molecule has 2 atom stereocenters. The van der Waals surface area contributed by atoms with E-state index in [1.807, 2.05) is 26.0 Å². The molecule has 1 saturated heterocycles. The molecule has 0 aromatic heterocycles. The molecule has 1 N–H and O–H groups in total. The van der Waals surface area contributed by atoms with Gasteiger partial charge in [0.1, 0.15) is 0 Å². The molecule has 4 nitrogen and oxygen atoms in total. The van der Waals surface area contributed by atoms with Crippen LogP contribution in [0.4, 0.5) is 5.69 Å². The molecule has 0 radical (unpaired) electrons. The summed E-state index contributed by atoms with van der Waals surface area (Å²) in [7, 11) is 0. The molecule has 0 bridgehead atoms. The minimum atomic E-state index is -0.139. The van der Waals surface area contributed by atoms with Crippen molar-refractivity contribution in [1.29, 1.82) is 0 Å². The molecule has 1 aliphatic heterocycles. The minimum absolute atomic E-state index is 0.0379. The second-order valence-corrected chi connectivity index (χ2v) is 5.01. The maximum absolute atomic E-state index is 12.2. The Bertz CT molecular complexity index is 510. The molecule has 102 valence electrons. The molecule has 1 fully saturated rings. The summed E-state index contributed by atoms with van der Waals surface area (Å²) < 4.78 is 5.40. The summed E-state index contributed by atoms with van der Waals surface area (Å²) in [5.74, 6) is -0.248. The van der Waals surface area contributed by atoms with E-state index in [1.54, 1.807) is 6.07 Å². The number of hydrogen-bond donors (Lipinski definition) is 1. The van der Waals surface area contributed by atoms with Crippen molar-refractivity contribution >= 4 is 17.4 Å². The number of Topliss-reactive ketones (excluding diaryl/α,β-unsaturated/α-hetero) is 1. The zero-order valence-corrected chi connectivity index (χ0v) is 11.5. The first kappa shape index (κ1) is 13.7. The standard InChI is InChI=1S/C15H19NO3/c1-9-5-4-6-13(14(9)10(2)17)16-15(18)12-7-8-19-11(12)3/h4-6,11-12H,7-8H2,1-3H3,(H,16,18)/t11-,12-/m0/s1. The van der Waals surface area contributed by atoms with Crippen LogP contribution in [0.25, 0.3) is 0 Å². The van der Waals surface area contributed by atoms with Gasteiger partial charge in [0.05, 0.1) is 17.7 Å². The summed E-state index contributed by atoms with van der Waals surface area (Å²) >= 11 is 0. The van der Waals surface area contributed by atoms with E-state index in [4.69, 9.17) is 4.74 Å². The lowest BCUT2D eigenvalue weighted by Crippen LogP contribution is -2.28. The van der Waals surface area contributed by atoms with Crippen molar-refractivity contribution in [3.63, 3.8) is 0 Å². The molecule has 0 saturated carbocycles. The van der Waals surface area contributed by atoms with E-state index >= 15 is 0 Å². The molecule has 4 heteroatoms. The number of ketones is 1. The van der Waals surface area contributed by atoms with Gasteiger partial charge in [-0.15, -0.1) is 0 Å². The largest absolute Gasteiger partial charge is 0.378 e. The Morgan fingerprint density at radius 3 is 2.68 bits per heavy atom. The average molecular weight is 261 g/mol. The number of rotatable bonds is 3. The predicted octanol–water partition coefficient (Wildman–Crippen LogP) is 2.56. The second-order valence-electron chi connectivity index (χ2n) is 5.01. The molecular formula is C15H19NO3. The van der Waals surface area contributed by atoms with E-state index in [0.717, 1.165) is 12.0 Å². The number of nitrogens with one attached hydrogen (secondary N) is 1. The summed E-state index contributed by atoms with van der Waals surface area (Å²) in [5, 5.41) is 2.87.